The molecule has 0 saturated carbocycles. The number of nitrogens with one attached hydrogen (secondary N) is 1. The third-order valence-corrected chi connectivity index (χ3v) is 5.72. The molecule has 3 rings (SSSR count). The lowest BCUT2D eigenvalue weighted by Crippen LogP contribution is -2.23. The Morgan fingerprint density at radius 2 is 1.76 bits per heavy atom. The molecule has 3 aromatic carbocycles. The van der Waals surface area contributed by atoms with Gasteiger partial charge in [0.15, 0.2) is 11.5 Å². The van der Waals surface area contributed by atoms with Crippen LogP contribution in [0.1, 0.15) is 23.6 Å². The normalized spacial score (nSPS) is 10.9. The molecule has 0 fully saturated rings. The molecule has 0 aromatic heterocycles. The highest BCUT2D eigenvalue weighted by molar-refractivity contribution is 9.10. The minimum absolute atomic E-state index is 0.00353. The molecule has 0 unspecified atom stereocenters. The van der Waals surface area contributed by atoms with Crippen molar-refractivity contribution >= 4 is 43.8 Å². The molecule has 33 heavy (non-hydrogen) atoms. The van der Waals surface area contributed by atoms with Crippen molar-refractivity contribution in [1.82, 2.24) is 5.32 Å². The molecule has 1 amide bonds. The highest BCUT2D eigenvalue weighted by Gasteiger charge is 2.14. The molecular formula is C26H22Br2N2O3. The van der Waals surface area contributed by atoms with E-state index in [0.29, 0.717) is 41.3 Å². The number of ether oxygens (including phenoxy) is 2. The summed E-state index contributed by atoms with van der Waals surface area (Å²) < 4.78 is 13.5. The van der Waals surface area contributed by atoms with Crippen LogP contribution in [0.15, 0.2) is 81.2 Å². The largest absolute Gasteiger partial charge is 0.490 e. The zero-order chi connectivity index (χ0) is 23.6. The number of nitriles is 1. The van der Waals surface area contributed by atoms with Crippen LogP contribution in [0, 0.1) is 11.3 Å². The van der Waals surface area contributed by atoms with E-state index < -0.39 is 5.91 Å². The van der Waals surface area contributed by atoms with E-state index in [2.05, 4.69) is 37.2 Å². The van der Waals surface area contributed by atoms with Gasteiger partial charge >= 0.3 is 0 Å². The van der Waals surface area contributed by atoms with E-state index in [4.69, 9.17) is 9.47 Å². The predicted molar refractivity (Wildman–Crippen MR) is 136 cm³/mol. The Kier molecular flexibility index (Phi) is 9.11. The van der Waals surface area contributed by atoms with Gasteiger partial charge in [-0.25, -0.2) is 0 Å². The molecule has 168 valence electrons. The number of hydrogen-bond donors (Lipinski definition) is 1. The van der Waals surface area contributed by atoms with Gasteiger partial charge in [-0.2, -0.15) is 5.26 Å². The summed E-state index contributed by atoms with van der Waals surface area (Å²) in [6, 6.07) is 22.9. The summed E-state index contributed by atoms with van der Waals surface area (Å²) in [6.45, 7) is 3.03. The van der Waals surface area contributed by atoms with E-state index in [1.165, 1.54) is 6.08 Å². The smallest absolute Gasteiger partial charge is 0.262 e. The molecule has 0 aliphatic rings. The second-order valence-corrected chi connectivity index (χ2v) is 8.79. The summed E-state index contributed by atoms with van der Waals surface area (Å²) in [7, 11) is 0. The summed E-state index contributed by atoms with van der Waals surface area (Å²) in [5, 5.41) is 12.3. The molecule has 0 radical (unpaired) electrons. The first-order valence-electron chi connectivity index (χ1n) is 10.3. The monoisotopic (exact) mass is 568 g/mol. The quantitative estimate of drug-likeness (QED) is 0.239. The third kappa shape index (κ3) is 7.21. The van der Waals surface area contributed by atoms with E-state index in [1.807, 2.05) is 67.6 Å². The van der Waals surface area contributed by atoms with Crippen LogP contribution >= 0.6 is 31.9 Å². The van der Waals surface area contributed by atoms with Gasteiger partial charge < -0.3 is 14.8 Å². The lowest BCUT2D eigenvalue weighted by molar-refractivity contribution is -0.117. The van der Waals surface area contributed by atoms with Crippen molar-refractivity contribution in [2.75, 3.05) is 6.61 Å². The van der Waals surface area contributed by atoms with Crippen molar-refractivity contribution in [1.29, 1.82) is 5.26 Å². The fourth-order valence-corrected chi connectivity index (χ4v) is 3.84. The predicted octanol–water partition coefficient (Wildman–Crippen LogP) is 6.41. The zero-order valence-corrected chi connectivity index (χ0v) is 21.1. The van der Waals surface area contributed by atoms with Gasteiger partial charge in [-0.3, -0.25) is 4.79 Å². The average Bonchev–Trinajstić information content (AvgIpc) is 2.82. The molecule has 0 heterocycles. The number of amides is 1. The van der Waals surface area contributed by atoms with Crippen molar-refractivity contribution in [2.24, 2.45) is 0 Å². The first kappa shape index (κ1) is 24.6. The lowest BCUT2D eigenvalue weighted by Gasteiger charge is -2.15. The number of nitrogens with zero attached hydrogens (tertiary/aromatic N) is 1. The van der Waals surface area contributed by atoms with E-state index >= 15 is 0 Å². The molecule has 0 saturated heterocycles. The van der Waals surface area contributed by atoms with Crippen LogP contribution in [0.2, 0.25) is 0 Å². The maximum Gasteiger partial charge on any atom is 0.262 e. The summed E-state index contributed by atoms with van der Waals surface area (Å²) in [5.41, 5.74) is 2.62. The van der Waals surface area contributed by atoms with Crippen LogP contribution in [0.5, 0.6) is 11.5 Å². The molecular weight excluding hydrogens is 548 g/mol. The minimum atomic E-state index is -0.439. The van der Waals surface area contributed by atoms with Crippen molar-refractivity contribution < 1.29 is 14.3 Å². The third-order valence-electron chi connectivity index (χ3n) is 4.60. The van der Waals surface area contributed by atoms with Crippen LogP contribution < -0.4 is 14.8 Å². The summed E-state index contributed by atoms with van der Waals surface area (Å²) in [4.78, 5) is 12.5. The van der Waals surface area contributed by atoms with Gasteiger partial charge in [-0.1, -0.05) is 58.4 Å². The molecule has 7 heteroatoms. The molecule has 0 spiro atoms. The Morgan fingerprint density at radius 3 is 2.42 bits per heavy atom. The van der Waals surface area contributed by atoms with Gasteiger partial charge in [0.05, 0.1) is 11.1 Å². The van der Waals surface area contributed by atoms with E-state index in [1.54, 1.807) is 12.1 Å². The van der Waals surface area contributed by atoms with Crippen molar-refractivity contribution in [3.63, 3.8) is 0 Å². The summed E-state index contributed by atoms with van der Waals surface area (Å²) in [5.74, 6) is 0.646. The lowest BCUT2D eigenvalue weighted by atomic mass is 10.1. The Labute approximate surface area is 210 Å². The molecule has 5 nitrogen and oxygen atoms in total. The van der Waals surface area contributed by atoms with Crippen LogP contribution in [0.25, 0.3) is 6.08 Å². The van der Waals surface area contributed by atoms with Gasteiger partial charge in [0.25, 0.3) is 5.91 Å². The van der Waals surface area contributed by atoms with Crippen LogP contribution in [-0.4, -0.2) is 12.5 Å². The zero-order valence-electron chi connectivity index (χ0n) is 18.0. The fourth-order valence-electron chi connectivity index (χ4n) is 3.00. The number of carbonyl (C=O) groups excluding carboxylic acids is 1. The Hall–Kier alpha value is -3.08. The number of halogens is 2. The Balaban J connectivity index is 1.78. The Bertz CT molecular complexity index is 1170. The maximum atomic E-state index is 12.5. The molecule has 1 N–H and O–H groups in total. The van der Waals surface area contributed by atoms with Crippen molar-refractivity contribution in [3.05, 3.63) is 97.9 Å². The van der Waals surface area contributed by atoms with E-state index in [0.717, 1.165) is 15.6 Å². The first-order valence-corrected chi connectivity index (χ1v) is 11.9. The SMILES string of the molecule is CCOc1cc(/C=C(\C#N)C(=O)NCc2ccccc2)cc(Br)c1OCc1ccc(Br)cc1. The number of benzene rings is 3. The van der Waals surface area contributed by atoms with E-state index in [9.17, 15) is 10.1 Å². The van der Waals surface area contributed by atoms with Gasteiger partial charge in [-0.15, -0.1) is 0 Å². The summed E-state index contributed by atoms with van der Waals surface area (Å²) in [6.07, 6.45) is 1.53. The summed E-state index contributed by atoms with van der Waals surface area (Å²) >= 11 is 6.96. The van der Waals surface area contributed by atoms with Crippen LogP contribution in [-0.2, 0) is 17.9 Å². The number of rotatable bonds is 9. The molecule has 0 aliphatic heterocycles. The average molecular weight is 570 g/mol. The number of hydrogen-bond acceptors (Lipinski definition) is 4. The first-order chi connectivity index (χ1) is 16.0. The van der Waals surface area contributed by atoms with Gasteiger partial charge in [0.1, 0.15) is 18.2 Å². The van der Waals surface area contributed by atoms with Gasteiger partial charge in [0.2, 0.25) is 0 Å². The second kappa shape index (κ2) is 12.2. The molecule has 3 aromatic rings. The second-order valence-electron chi connectivity index (χ2n) is 7.02. The van der Waals surface area contributed by atoms with Crippen molar-refractivity contribution in [3.8, 4) is 17.6 Å². The van der Waals surface area contributed by atoms with Crippen LogP contribution in [0.4, 0.5) is 0 Å². The fraction of sp³-hybridized carbons (Fsp3) is 0.154. The van der Waals surface area contributed by atoms with Gasteiger partial charge in [-0.05, 0) is 69.9 Å². The van der Waals surface area contributed by atoms with Crippen LogP contribution in [0.3, 0.4) is 0 Å². The van der Waals surface area contributed by atoms with Gasteiger partial charge in [0, 0.05) is 11.0 Å². The molecule has 0 aliphatic carbocycles. The van der Waals surface area contributed by atoms with Crippen molar-refractivity contribution in [2.45, 2.75) is 20.1 Å². The van der Waals surface area contributed by atoms with E-state index in [-0.39, 0.29) is 5.57 Å². The Morgan fingerprint density at radius 1 is 1.03 bits per heavy atom. The standard InChI is InChI=1S/C26H22Br2N2O3/c1-2-32-24-14-20(12-21(15-29)26(31)30-16-18-6-4-3-5-7-18)13-23(28)25(24)33-17-19-8-10-22(27)11-9-19/h3-14H,2,16-17H2,1H3,(H,30,31)/b21-12+. The topological polar surface area (TPSA) is 71.3 Å². The maximum absolute atomic E-state index is 12.5. The number of carbonyl (C=O) groups is 1. The minimum Gasteiger partial charge on any atom is -0.490 e. The molecule has 0 bridgehead atoms. The molecule has 0 atom stereocenters. The highest BCUT2D eigenvalue weighted by atomic mass is 79.9. The highest BCUT2D eigenvalue weighted by Crippen LogP contribution is 2.38.